The second-order valence-electron chi connectivity index (χ2n) is 5.80. The Hall–Kier alpha value is -1.60. The minimum absolute atomic E-state index is 0. The van der Waals surface area contributed by atoms with E-state index in [-0.39, 0.29) is 24.0 Å². The van der Waals surface area contributed by atoms with Crippen LogP contribution in [0.25, 0.3) is 0 Å². The van der Waals surface area contributed by atoms with Gasteiger partial charge in [-0.3, -0.25) is 0 Å². The van der Waals surface area contributed by atoms with Crippen molar-refractivity contribution >= 4 is 29.9 Å². The van der Waals surface area contributed by atoms with E-state index < -0.39 is 0 Å². The first kappa shape index (κ1) is 20.4. The summed E-state index contributed by atoms with van der Waals surface area (Å²) in [4.78, 5) is 4.32. The van der Waals surface area contributed by atoms with E-state index in [2.05, 4.69) is 46.7 Å². The van der Waals surface area contributed by atoms with E-state index >= 15 is 0 Å². The monoisotopic (exact) mass is 439 g/mol. The van der Waals surface area contributed by atoms with E-state index in [0.717, 1.165) is 11.1 Å². The minimum atomic E-state index is 0. The molecule has 0 spiro atoms. The molecule has 0 aliphatic carbocycles. The molecule has 0 fully saturated rings. The van der Waals surface area contributed by atoms with Gasteiger partial charge in [0.2, 0.25) is 0 Å². The van der Waals surface area contributed by atoms with Gasteiger partial charge in [0, 0.05) is 6.04 Å². The largest absolute Gasteiger partial charge is 0.372 e. The second-order valence-corrected chi connectivity index (χ2v) is 5.80. The molecular formula is C19H26IN3O. The third-order valence-corrected chi connectivity index (χ3v) is 3.27. The van der Waals surface area contributed by atoms with Crippen molar-refractivity contribution in [2.24, 2.45) is 10.7 Å². The van der Waals surface area contributed by atoms with Crippen molar-refractivity contribution in [3.8, 4) is 0 Å². The standard InChI is InChI=1S/C19H25N3O.HI/c1-15(2)22-19(20)21-12-16-8-10-18(11-9-16)14-23-13-17-6-4-3-5-7-17;/h3-11,15H,12-14H2,1-2H3,(H3,20,21,22);1H. The fourth-order valence-corrected chi connectivity index (χ4v) is 2.12. The molecule has 0 saturated carbocycles. The summed E-state index contributed by atoms with van der Waals surface area (Å²) in [5.41, 5.74) is 9.26. The Labute approximate surface area is 161 Å². The van der Waals surface area contributed by atoms with Crippen LogP contribution < -0.4 is 11.1 Å². The number of nitrogens with zero attached hydrogens (tertiary/aromatic N) is 1. The Morgan fingerprint density at radius 3 is 2.08 bits per heavy atom. The lowest BCUT2D eigenvalue weighted by Gasteiger charge is -2.08. The summed E-state index contributed by atoms with van der Waals surface area (Å²) in [5.74, 6) is 0.482. The van der Waals surface area contributed by atoms with Crippen molar-refractivity contribution in [1.29, 1.82) is 0 Å². The zero-order chi connectivity index (χ0) is 16.5. The van der Waals surface area contributed by atoms with E-state index in [0.29, 0.717) is 31.8 Å². The molecule has 2 aromatic rings. The summed E-state index contributed by atoms with van der Waals surface area (Å²) in [7, 11) is 0. The molecule has 2 aromatic carbocycles. The van der Waals surface area contributed by atoms with Crippen LogP contribution in [-0.2, 0) is 24.5 Å². The van der Waals surface area contributed by atoms with Crippen LogP contribution in [0.15, 0.2) is 59.6 Å². The molecule has 0 aromatic heterocycles. The lowest BCUT2D eigenvalue weighted by Crippen LogP contribution is -2.36. The molecule has 0 heterocycles. The summed E-state index contributed by atoms with van der Waals surface area (Å²) in [6.07, 6.45) is 0. The molecule has 5 heteroatoms. The number of benzene rings is 2. The van der Waals surface area contributed by atoms with Crippen LogP contribution in [0.5, 0.6) is 0 Å². The molecule has 0 aliphatic rings. The van der Waals surface area contributed by atoms with Gasteiger partial charge < -0.3 is 15.8 Å². The average Bonchev–Trinajstić information content (AvgIpc) is 2.54. The van der Waals surface area contributed by atoms with Crippen molar-refractivity contribution in [3.05, 3.63) is 71.3 Å². The topological polar surface area (TPSA) is 59.6 Å². The van der Waals surface area contributed by atoms with Crippen molar-refractivity contribution in [2.45, 2.75) is 39.6 Å². The van der Waals surface area contributed by atoms with Gasteiger partial charge in [0.1, 0.15) is 0 Å². The Bertz CT molecular complexity index is 612. The first-order valence-electron chi connectivity index (χ1n) is 7.89. The Balaban J connectivity index is 0.00000288. The highest BCUT2D eigenvalue weighted by molar-refractivity contribution is 14.0. The molecule has 2 rings (SSSR count). The Morgan fingerprint density at radius 1 is 0.958 bits per heavy atom. The zero-order valence-corrected chi connectivity index (χ0v) is 16.6. The first-order valence-corrected chi connectivity index (χ1v) is 7.89. The lowest BCUT2D eigenvalue weighted by molar-refractivity contribution is 0.107. The number of guanidine groups is 1. The number of nitrogens with one attached hydrogen (secondary N) is 1. The summed E-state index contributed by atoms with van der Waals surface area (Å²) in [5, 5.41) is 3.08. The SMILES string of the molecule is CC(C)NC(N)=NCc1ccc(COCc2ccccc2)cc1.I. The average molecular weight is 439 g/mol. The van der Waals surface area contributed by atoms with Gasteiger partial charge in [0.15, 0.2) is 5.96 Å². The molecule has 0 radical (unpaired) electrons. The van der Waals surface area contributed by atoms with E-state index in [9.17, 15) is 0 Å². The van der Waals surface area contributed by atoms with Crippen molar-refractivity contribution < 1.29 is 4.74 Å². The number of aliphatic imine (C=N–C) groups is 1. The fraction of sp³-hybridized carbons (Fsp3) is 0.316. The molecule has 0 bridgehead atoms. The van der Waals surface area contributed by atoms with Gasteiger partial charge in [0.25, 0.3) is 0 Å². The maximum Gasteiger partial charge on any atom is 0.189 e. The van der Waals surface area contributed by atoms with Gasteiger partial charge in [-0.2, -0.15) is 0 Å². The summed E-state index contributed by atoms with van der Waals surface area (Å²) in [6.45, 7) is 5.88. The van der Waals surface area contributed by atoms with Crippen LogP contribution in [0.1, 0.15) is 30.5 Å². The molecule has 0 amide bonds. The van der Waals surface area contributed by atoms with E-state index in [1.54, 1.807) is 0 Å². The number of hydrogen-bond acceptors (Lipinski definition) is 2. The Morgan fingerprint density at radius 2 is 1.50 bits per heavy atom. The van der Waals surface area contributed by atoms with Gasteiger partial charge >= 0.3 is 0 Å². The predicted molar refractivity (Wildman–Crippen MR) is 110 cm³/mol. The van der Waals surface area contributed by atoms with Crippen molar-refractivity contribution in [2.75, 3.05) is 0 Å². The van der Waals surface area contributed by atoms with Gasteiger partial charge in [-0.1, -0.05) is 54.6 Å². The van der Waals surface area contributed by atoms with Gasteiger partial charge in [0.05, 0.1) is 19.8 Å². The maximum absolute atomic E-state index is 5.79. The van der Waals surface area contributed by atoms with Crippen LogP contribution in [0, 0.1) is 0 Å². The fourth-order valence-electron chi connectivity index (χ4n) is 2.12. The minimum Gasteiger partial charge on any atom is -0.372 e. The van der Waals surface area contributed by atoms with E-state index in [1.807, 2.05) is 32.0 Å². The first-order chi connectivity index (χ1) is 11.1. The molecule has 0 aliphatic heterocycles. The van der Waals surface area contributed by atoms with Crippen LogP contribution in [0.4, 0.5) is 0 Å². The highest BCUT2D eigenvalue weighted by Gasteiger charge is 1.98. The molecule has 130 valence electrons. The van der Waals surface area contributed by atoms with Crippen molar-refractivity contribution in [1.82, 2.24) is 5.32 Å². The highest BCUT2D eigenvalue weighted by Crippen LogP contribution is 2.09. The maximum atomic E-state index is 5.79. The summed E-state index contributed by atoms with van der Waals surface area (Å²) < 4.78 is 5.73. The molecule has 24 heavy (non-hydrogen) atoms. The lowest BCUT2D eigenvalue weighted by atomic mass is 10.1. The molecule has 0 atom stereocenters. The third-order valence-electron chi connectivity index (χ3n) is 3.27. The number of ether oxygens (including phenoxy) is 1. The van der Waals surface area contributed by atoms with Crippen LogP contribution in [0.2, 0.25) is 0 Å². The number of rotatable bonds is 7. The number of halogens is 1. The van der Waals surface area contributed by atoms with Gasteiger partial charge in [-0.15, -0.1) is 24.0 Å². The number of hydrogen-bond donors (Lipinski definition) is 2. The predicted octanol–water partition coefficient (Wildman–Crippen LogP) is 3.83. The Kier molecular flexibility index (Phi) is 9.41. The van der Waals surface area contributed by atoms with Crippen LogP contribution >= 0.6 is 24.0 Å². The van der Waals surface area contributed by atoms with Crippen LogP contribution in [0.3, 0.4) is 0 Å². The van der Waals surface area contributed by atoms with Gasteiger partial charge in [-0.25, -0.2) is 4.99 Å². The molecular weight excluding hydrogens is 413 g/mol. The summed E-state index contributed by atoms with van der Waals surface area (Å²) >= 11 is 0. The normalized spacial score (nSPS) is 11.2. The third kappa shape index (κ3) is 7.79. The summed E-state index contributed by atoms with van der Waals surface area (Å²) in [6, 6.07) is 18.7. The highest BCUT2D eigenvalue weighted by atomic mass is 127. The second kappa shape index (κ2) is 11.0. The van der Waals surface area contributed by atoms with E-state index in [1.165, 1.54) is 5.56 Å². The van der Waals surface area contributed by atoms with E-state index in [4.69, 9.17) is 10.5 Å². The van der Waals surface area contributed by atoms with Gasteiger partial charge in [-0.05, 0) is 30.5 Å². The molecule has 3 N–H and O–H groups in total. The quantitative estimate of drug-likeness (QED) is 0.392. The molecule has 0 saturated heterocycles. The van der Waals surface area contributed by atoms with Crippen molar-refractivity contribution in [3.63, 3.8) is 0 Å². The number of nitrogens with two attached hydrogens (primary N) is 1. The smallest absolute Gasteiger partial charge is 0.189 e. The molecule has 4 nitrogen and oxygen atoms in total. The molecule has 0 unspecified atom stereocenters. The zero-order valence-electron chi connectivity index (χ0n) is 14.2. The van der Waals surface area contributed by atoms with Crippen LogP contribution in [-0.4, -0.2) is 12.0 Å².